The molecule has 0 heterocycles. The van der Waals surface area contributed by atoms with Gasteiger partial charge in [-0.25, -0.2) is 9.59 Å². The highest BCUT2D eigenvalue weighted by Crippen LogP contribution is 2.13. The van der Waals surface area contributed by atoms with Gasteiger partial charge in [-0.15, -0.1) is 5.72 Å². The molecule has 23 heavy (non-hydrogen) atoms. The summed E-state index contributed by atoms with van der Waals surface area (Å²) in [5.41, 5.74) is -0.0550. The van der Waals surface area contributed by atoms with Gasteiger partial charge in [0, 0.05) is 11.6 Å². The van der Waals surface area contributed by atoms with Gasteiger partial charge in [0.2, 0.25) is 0 Å². The van der Waals surface area contributed by atoms with Gasteiger partial charge >= 0.3 is 11.9 Å². The summed E-state index contributed by atoms with van der Waals surface area (Å²) in [6.45, 7) is 1.79. The Kier molecular flexibility index (Phi) is 13.7. The van der Waals surface area contributed by atoms with Crippen LogP contribution < -0.4 is 0 Å². The van der Waals surface area contributed by atoms with Crippen molar-refractivity contribution in [1.29, 1.82) is 0 Å². The summed E-state index contributed by atoms with van der Waals surface area (Å²) in [6, 6.07) is 0. The second-order valence-corrected chi connectivity index (χ2v) is 5.94. The third kappa shape index (κ3) is 15.5. The number of hydrogen-bond acceptors (Lipinski definition) is 3. The molecule has 0 atom stereocenters. The van der Waals surface area contributed by atoms with Gasteiger partial charge in [-0.3, -0.25) is 0 Å². The van der Waals surface area contributed by atoms with E-state index in [4.69, 9.17) is 25.5 Å². The van der Waals surface area contributed by atoms with Crippen LogP contribution in [-0.2, 0) is 14.3 Å². The Balaban J connectivity index is 3.34. The lowest BCUT2D eigenvalue weighted by atomic mass is 9.68. The number of carbonyl (C=O) groups excluding carboxylic acids is 1. The molecule has 0 rings (SSSR count). The highest BCUT2D eigenvalue weighted by Gasteiger charge is 2.06. The normalized spacial score (nSPS) is 11.7. The number of carboxylic acids is 1. The molecule has 6 heteroatoms. The van der Waals surface area contributed by atoms with Gasteiger partial charge in [-0.2, -0.15) is 0 Å². The highest BCUT2D eigenvalue weighted by molar-refractivity contribution is 6.35. The molecule has 0 aliphatic heterocycles. The summed E-state index contributed by atoms with van der Waals surface area (Å²) in [7, 11) is 11.0. The van der Waals surface area contributed by atoms with E-state index in [2.05, 4.69) is 0 Å². The fraction of sp³-hybridized carbons (Fsp3) is 0.765. The first-order chi connectivity index (χ1) is 10.9. The second kappa shape index (κ2) is 14.4. The molecular weight excluding hydrogens is 290 g/mol. The molecule has 0 spiro atoms. The van der Waals surface area contributed by atoms with Crippen LogP contribution in [0.4, 0.5) is 0 Å². The Hall–Kier alpha value is -1.19. The van der Waals surface area contributed by atoms with Crippen LogP contribution in [0.25, 0.3) is 0 Å². The first-order valence-corrected chi connectivity index (χ1v) is 8.53. The smallest absolute Gasteiger partial charge is 0.333 e. The van der Waals surface area contributed by atoms with Crippen LogP contribution in [0.5, 0.6) is 0 Å². The molecule has 0 aromatic heterocycles. The topological polar surface area (TPSA) is 63.6 Å². The maximum atomic E-state index is 11.4. The monoisotopic (exact) mass is 318 g/mol. The summed E-state index contributed by atoms with van der Waals surface area (Å²) >= 11 is 0. The first-order valence-electron chi connectivity index (χ1n) is 8.53. The molecule has 0 aliphatic rings. The maximum absolute atomic E-state index is 11.4. The van der Waals surface area contributed by atoms with Crippen molar-refractivity contribution >= 4 is 27.6 Å². The average molecular weight is 318 g/mol. The molecular formula is C17H28B2O4. The molecule has 0 saturated carbocycles. The standard InChI is InChI=1S/C17H28B2O4/c1-14(13-16(20)21)17(22)23-12-10-8-6-4-2-3-5-7-9-11-15(18)19/h13,15H,2-12H2,1H3,(H,20,21)/b14-13+. The van der Waals surface area contributed by atoms with E-state index >= 15 is 0 Å². The number of hydrogen-bond donors (Lipinski definition) is 1. The number of carbonyl (C=O) groups is 2. The van der Waals surface area contributed by atoms with Gasteiger partial charge in [0.15, 0.2) is 0 Å². The quantitative estimate of drug-likeness (QED) is 0.230. The molecule has 4 nitrogen and oxygen atoms in total. The minimum Gasteiger partial charge on any atom is -0.478 e. The van der Waals surface area contributed by atoms with E-state index in [-0.39, 0.29) is 11.3 Å². The van der Waals surface area contributed by atoms with Crippen molar-refractivity contribution in [2.75, 3.05) is 6.61 Å². The van der Waals surface area contributed by atoms with Crippen LogP contribution in [-0.4, -0.2) is 39.3 Å². The van der Waals surface area contributed by atoms with Crippen LogP contribution in [0, 0.1) is 0 Å². The maximum Gasteiger partial charge on any atom is 0.333 e. The summed E-state index contributed by atoms with van der Waals surface area (Å²) in [6.07, 6.45) is 12.0. The number of rotatable bonds is 14. The molecule has 0 aromatic carbocycles. The predicted octanol–water partition coefficient (Wildman–Crippen LogP) is 3.54. The van der Waals surface area contributed by atoms with E-state index in [9.17, 15) is 9.59 Å². The molecule has 0 saturated heterocycles. The van der Waals surface area contributed by atoms with E-state index in [1.165, 1.54) is 39.0 Å². The van der Waals surface area contributed by atoms with Crippen molar-refractivity contribution in [1.82, 2.24) is 0 Å². The Bertz CT molecular complexity index is 368. The van der Waals surface area contributed by atoms with Gasteiger partial charge in [-0.1, -0.05) is 57.8 Å². The minimum atomic E-state index is -1.13. The van der Waals surface area contributed by atoms with E-state index in [1.54, 1.807) is 0 Å². The van der Waals surface area contributed by atoms with Crippen LogP contribution in [0.1, 0.15) is 71.1 Å². The number of carboxylic acid groups (broad SMARTS) is 1. The van der Waals surface area contributed by atoms with E-state index in [0.717, 1.165) is 38.2 Å². The first kappa shape index (κ1) is 21.8. The second-order valence-electron chi connectivity index (χ2n) is 5.94. The van der Waals surface area contributed by atoms with Gasteiger partial charge in [0.25, 0.3) is 0 Å². The molecule has 4 radical (unpaired) electrons. The molecule has 0 unspecified atom stereocenters. The van der Waals surface area contributed by atoms with Crippen molar-refractivity contribution < 1.29 is 19.4 Å². The predicted molar refractivity (Wildman–Crippen MR) is 93.8 cm³/mol. The lowest BCUT2D eigenvalue weighted by Crippen LogP contribution is -2.08. The van der Waals surface area contributed by atoms with Gasteiger partial charge < -0.3 is 9.84 Å². The number of esters is 1. The molecule has 0 aliphatic carbocycles. The van der Waals surface area contributed by atoms with Crippen LogP contribution in [0.15, 0.2) is 11.6 Å². The lowest BCUT2D eigenvalue weighted by Gasteiger charge is -2.06. The number of unbranched alkanes of at least 4 members (excludes halogenated alkanes) is 8. The SMILES string of the molecule is [B]C([B])CCCCCCCCCCCOC(=O)/C(C)=C/C(=O)O. The molecule has 0 bridgehead atoms. The summed E-state index contributed by atoms with van der Waals surface area (Å²) in [5.74, 6) is -1.69. The largest absolute Gasteiger partial charge is 0.478 e. The summed E-state index contributed by atoms with van der Waals surface area (Å²) in [5, 5.41) is 8.52. The van der Waals surface area contributed by atoms with Gasteiger partial charge in [0.1, 0.15) is 0 Å². The number of aliphatic carboxylic acids is 1. The summed E-state index contributed by atoms with van der Waals surface area (Å²) in [4.78, 5) is 21.8. The molecule has 1 N–H and O–H groups in total. The van der Waals surface area contributed by atoms with Crippen molar-refractivity contribution in [2.24, 2.45) is 0 Å². The molecule has 0 aromatic rings. The Morgan fingerprint density at radius 1 is 0.957 bits per heavy atom. The van der Waals surface area contributed by atoms with E-state index in [1.807, 2.05) is 0 Å². The lowest BCUT2D eigenvalue weighted by molar-refractivity contribution is -0.140. The minimum absolute atomic E-state index is 0.119. The third-order valence-corrected chi connectivity index (χ3v) is 3.58. The van der Waals surface area contributed by atoms with Crippen molar-refractivity contribution in [3.63, 3.8) is 0 Å². The third-order valence-electron chi connectivity index (χ3n) is 3.58. The van der Waals surface area contributed by atoms with E-state index < -0.39 is 11.9 Å². The van der Waals surface area contributed by atoms with Gasteiger partial charge in [-0.05, 0) is 13.3 Å². The van der Waals surface area contributed by atoms with Crippen molar-refractivity contribution in [3.05, 3.63) is 11.6 Å². The Morgan fingerprint density at radius 3 is 1.91 bits per heavy atom. The Labute approximate surface area is 142 Å². The molecule has 126 valence electrons. The Morgan fingerprint density at radius 2 is 1.43 bits per heavy atom. The van der Waals surface area contributed by atoms with Crippen LogP contribution >= 0.6 is 0 Å². The van der Waals surface area contributed by atoms with Crippen LogP contribution in [0.3, 0.4) is 0 Å². The number of ether oxygens (including phenoxy) is 1. The van der Waals surface area contributed by atoms with Gasteiger partial charge in [0.05, 0.1) is 22.3 Å². The van der Waals surface area contributed by atoms with Crippen molar-refractivity contribution in [3.8, 4) is 0 Å². The zero-order chi connectivity index (χ0) is 17.5. The average Bonchev–Trinajstić information content (AvgIpc) is 2.47. The summed E-state index contributed by atoms with van der Waals surface area (Å²) < 4.78 is 5.00. The van der Waals surface area contributed by atoms with Crippen LogP contribution in [0.2, 0.25) is 5.72 Å². The fourth-order valence-corrected chi connectivity index (χ4v) is 2.24. The zero-order valence-corrected chi connectivity index (χ0v) is 14.3. The molecule has 0 fully saturated rings. The highest BCUT2D eigenvalue weighted by atomic mass is 16.5. The molecule has 0 amide bonds. The zero-order valence-electron chi connectivity index (χ0n) is 14.3. The van der Waals surface area contributed by atoms with Crippen molar-refractivity contribution in [2.45, 2.75) is 76.8 Å². The fourth-order valence-electron chi connectivity index (χ4n) is 2.24. The van der Waals surface area contributed by atoms with E-state index in [0.29, 0.717) is 6.61 Å².